The largest absolute Gasteiger partial charge is 0.493 e. The number of terminal acetylenes is 1. The minimum atomic E-state index is -0.396. The summed E-state index contributed by atoms with van der Waals surface area (Å²) in [4.78, 5) is 0.599. The zero-order valence-corrected chi connectivity index (χ0v) is 19.3. The Labute approximate surface area is 195 Å². The fraction of sp³-hybridized carbons (Fsp3) is 0.320. The maximum atomic E-state index is 6.02. The van der Waals surface area contributed by atoms with Crippen molar-refractivity contribution in [2.45, 2.75) is 25.9 Å². The van der Waals surface area contributed by atoms with Crippen LogP contribution < -0.4 is 14.8 Å². The summed E-state index contributed by atoms with van der Waals surface area (Å²) in [6.07, 6.45) is 6.39. The Morgan fingerprint density at radius 2 is 1.90 bits per heavy atom. The summed E-state index contributed by atoms with van der Waals surface area (Å²) in [5.41, 5.74) is 2.01. The first kappa shape index (κ1) is 24.6. The lowest BCUT2D eigenvalue weighted by Crippen LogP contribution is -2.31. The highest BCUT2D eigenvalue weighted by atomic mass is 35.5. The van der Waals surface area contributed by atoms with E-state index in [0.29, 0.717) is 34.7 Å². The first-order valence-corrected chi connectivity index (χ1v) is 10.7. The maximum Gasteiger partial charge on any atom is 0.162 e. The van der Waals surface area contributed by atoms with Crippen LogP contribution in [0.5, 0.6) is 11.5 Å². The van der Waals surface area contributed by atoms with E-state index < -0.39 is 6.10 Å². The third-order valence-electron chi connectivity index (χ3n) is 4.29. The molecule has 2 aromatic carbocycles. The van der Waals surface area contributed by atoms with Crippen LogP contribution >= 0.6 is 23.8 Å². The first-order valence-electron chi connectivity index (χ1n) is 9.92. The summed E-state index contributed by atoms with van der Waals surface area (Å²) in [6.45, 7) is 3.14. The van der Waals surface area contributed by atoms with Gasteiger partial charge in [0.1, 0.15) is 24.3 Å². The number of nitrogens with one attached hydrogen (secondary N) is 1. The predicted molar refractivity (Wildman–Crippen MR) is 130 cm³/mol. The Balaban J connectivity index is 2.00. The van der Waals surface area contributed by atoms with Crippen molar-refractivity contribution in [2.24, 2.45) is 0 Å². The van der Waals surface area contributed by atoms with Crippen LogP contribution in [0.15, 0.2) is 42.5 Å². The third kappa shape index (κ3) is 8.15. The van der Waals surface area contributed by atoms with Crippen molar-refractivity contribution in [3.8, 4) is 35.7 Å². The standard InChI is InChI=1S/C25H26ClNO3S/c1-4-6-7-17-30-24(20-9-11-21(26)12-10-20)25(31)27-15-14-19-8-13-22(29-16-5-2)23(18-19)28-3/h2,8-13,18,24H,4,14-17H2,1,3H3,(H,27,31). The highest BCUT2D eigenvalue weighted by Crippen LogP contribution is 2.28. The lowest BCUT2D eigenvalue weighted by Gasteiger charge is -2.20. The summed E-state index contributed by atoms with van der Waals surface area (Å²) in [5.74, 6) is 9.71. The SMILES string of the molecule is C#CCOc1ccc(CCNC(=S)C(OCC#CCC)c2ccc(Cl)cc2)cc1OC. The molecule has 0 fully saturated rings. The van der Waals surface area contributed by atoms with Crippen LogP contribution in [-0.4, -0.2) is 31.9 Å². The highest BCUT2D eigenvalue weighted by Gasteiger charge is 2.17. The molecule has 31 heavy (non-hydrogen) atoms. The first-order chi connectivity index (χ1) is 15.1. The fourth-order valence-electron chi connectivity index (χ4n) is 2.79. The van der Waals surface area contributed by atoms with Gasteiger partial charge in [0.05, 0.1) is 7.11 Å². The van der Waals surface area contributed by atoms with E-state index in [1.165, 1.54) is 0 Å². The molecule has 1 atom stereocenters. The van der Waals surface area contributed by atoms with Crippen LogP contribution in [0, 0.1) is 24.2 Å². The van der Waals surface area contributed by atoms with E-state index >= 15 is 0 Å². The van der Waals surface area contributed by atoms with Crippen LogP contribution in [0.1, 0.15) is 30.6 Å². The highest BCUT2D eigenvalue weighted by molar-refractivity contribution is 7.80. The summed E-state index contributed by atoms with van der Waals surface area (Å²) in [5, 5.41) is 3.96. The van der Waals surface area contributed by atoms with Crippen LogP contribution in [0.2, 0.25) is 5.02 Å². The van der Waals surface area contributed by atoms with Crippen LogP contribution in [0.25, 0.3) is 0 Å². The lowest BCUT2D eigenvalue weighted by atomic mass is 10.1. The van der Waals surface area contributed by atoms with E-state index in [4.69, 9.17) is 44.5 Å². The van der Waals surface area contributed by atoms with E-state index in [1.54, 1.807) is 7.11 Å². The van der Waals surface area contributed by atoms with E-state index in [1.807, 2.05) is 49.4 Å². The number of halogens is 1. The van der Waals surface area contributed by atoms with Crippen LogP contribution in [0.3, 0.4) is 0 Å². The van der Waals surface area contributed by atoms with Gasteiger partial charge in [-0.1, -0.05) is 60.8 Å². The molecule has 2 aromatic rings. The number of benzene rings is 2. The van der Waals surface area contributed by atoms with Gasteiger partial charge in [0.2, 0.25) is 0 Å². The third-order valence-corrected chi connectivity index (χ3v) is 4.90. The molecule has 0 aliphatic heterocycles. The smallest absolute Gasteiger partial charge is 0.162 e. The Bertz CT molecular complexity index is 957. The lowest BCUT2D eigenvalue weighted by molar-refractivity contribution is 0.127. The summed E-state index contributed by atoms with van der Waals surface area (Å²) in [7, 11) is 1.60. The van der Waals surface area contributed by atoms with E-state index in [9.17, 15) is 0 Å². The minimum absolute atomic E-state index is 0.195. The average molecular weight is 456 g/mol. The number of hydrogen-bond acceptors (Lipinski definition) is 4. The van der Waals surface area contributed by atoms with Gasteiger partial charge in [-0.25, -0.2) is 0 Å². The van der Waals surface area contributed by atoms with Gasteiger partial charge < -0.3 is 19.5 Å². The molecule has 0 aliphatic carbocycles. The zero-order valence-electron chi connectivity index (χ0n) is 17.7. The Kier molecular flexibility index (Phi) is 10.8. The topological polar surface area (TPSA) is 39.7 Å². The van der Waals surface area contributed by atoms with Crippen LogP contribution in [-0.2, 0) is 11.2 Å². The molecular weight excluding hydrogens is 430 g/mol. The second-order valence-corrected chi connectivity index (χ2v) is 7.35. The van der Waals surface area contributed by atoms with Crippen molar-refractivity contribution in [1.82, 2.24) is 5.32 Å². The average Bonchev–Trinajstić information content (AvgIpc) is 2.78. The quantitative estimate of drug-likeness (QED) is 0.403. The number of ether oxygens (including phenoxy) is 3. The van der Waals surface area contributed by atoms with E-state index in [-0.39, 0.29) is 6.61 Å². The van der Waals surface area contributed by atoms with Crippen molar-refractivity contribution >= 4 is 28.8 Å². The van der Waals surface area contributed by atoms with Gasteiger partial charge in [0, 0.05) is 18.0 Å². The predicted octanol–water partition coefficient (Wildman–Crippen LogP) is 4.99. The van der Waals surface area contributed by atoms with Crippen molar-refractivity contribution in [1.29, 1.82) is 0 Å². The zero-order chi connectivity index (χ0) is 22.5. The molecule has 0 saturated carbocycles. The van der Waals surface area contributed by atoms with Gasteiger partial charge in [0.25, 0.3) is 0 Å². The van der Waals surface area contributed by atoms with Gasteiger partial charge in [-0.15, -0.1) is 12.3 Å². The molecule has 0 aromatic heterocycles. The molecular formula is C25H26ClNO3S. The summed E-state index contributed by atoms with van der Waals surface area (Å²) in [6, 6.07) is 13.2. The molecule has 2 rings (SSSR count). The number of methoxy groups -OCH3 is 1. The van der Waals surface area contributed by atoms with Gasteiger partial charge in [-0.3, -0.25) is 0 Å². The summed E-state index contributed by atoms with van der Waals surface area (Å²) >= 11 is 11.6. The molecule has 0 amide bonds. The molecule has 0 aliphatic rings. The number of thiocarbonyl (C=S) groups is 1. The van der Waals surface area contributed by atoms with Gasteiger partial charge in [-0.2, -0.15) is 0 Å². The molecule has 0 bridgehead atoms. The molecule has 4 nitrogen and oxygen atoms in total. The molecule has 0 radical (unpaired) electrons. The molecule has 6 heteroatoms. The second kappa shape index (κ2) is 13.6. The molecule has 0 heterocycles. The molecule has 162 valence electrons. The minimum Gasteiger partial charge on any atom is -0.493 e. The van der Waals surface area contributed by atoms with Crippen molar-refractivity contribution in [3.05, 3.63) is 58.6 Å². The number of rotatable bonds is 10. The van der Waals surface area contributed by atoms with Crippen molar-refractivity contribution < 1.29 is 14.2 Å². The van der Waals surface area contributed by atoms with E-state index in [2.05, 4.69) is 23.1 Å². The fourth-order valence-corrected chi connectivity index (χ4v) is 3.22. The normalized spacial score (nSPS) is 10.9. The molecule has 0 spiro atoms. The molecule has 1 unspecified atom stereocenters. The maximum absolute atomic E-state index is 6.02. The van der Waals surface area contributed by atoms with Crippen molar-refractivity contribution in [2.75, 3.05) is 26.9 Å². The second-order valence-electron chi connectivity index (χ2n) is 6.47. The van der Waals surface area contributed by atoms with Crippen molar-refractivity contribution in [3.63, 3.8) is 0 Å². The number of hydrogen-bond donors (Lipinski definition) is 1. The monoisotopic (exact) mass is 455 g/mol. The Hall–Kier alpha value is -2.70. The van der Waals surface area contributed by atoms with Gasteiger partial charge in [0.15, 0.2) is 11.5 Å². The van der Waals surface area contributed by atoms with Crippen LogP contribution in [0.4, 0.5) is 0 Å². The Morgan fingerprint density at radius 3 is 2.58 bits per heavy atom. The van der Waals surface area contributed by atoms with Gasteiger partial charge >= 0.3 is 0 Å². The van der Waals surface area contributed by atoms with Gasteiger partial charge in [-0.05, 0) is 41.8 Å². The Morgan fingerprint density at radius 1 is 1.13 bits per heavy atom. The molecule has 1 N–H and O–H groups in total. The summed E-state index contributed by atoms with van der Waals surface area (Å²) < 4.78 is 16.8. The van der Waals surface area contributed by atoms with E-state index in [0.717, 1.165) is 24.0 Å². The molecule has 0 saturated heterocycles.